The molecule has 1 aliphatic rings. The van der Waals surface area contributed by atoms with Crippen molar-refractivity contribution in [1.82, 2.24) is 0 Å². The molecule has 1 heteroatoms. The van der Waals surface area contributed by atoms with E-state index in [1.54, 1.807) is 0 Å². The highest BCUT2D eigenvalue weighted by molar-refractivity contribution is 5.36. The van der Waals surface area contributed by atoms with Gasteiger partial charge in [0.05, 0.1) is 0 Å². The summed E-state index contributed by atoms with van der Waals surface area (Å²) in [7, 11) is 0. The molecule has 14 heavy (non-hydrogen) atoms. The summed E-state index contributed by atoms with van der Waals surface area (Å²) in [4.78, 5) is 0. The van der Waals surface area contributed by atoms with Gasteiger partial charge < -0.3 is 5.73 Å². The van der Waals surface area contributed by atoms with Crippen LogP contribution < -0.4 is 5.73 Å². The lowest BCUT2D eigenvalue weighted by Gasteiger charge is -2.17. The van der Waals surface area contributed by atoms with Gasteiger partial charge in [-0.1, -0.05) is 31.0 Å². The van der Waals surface area contributed by atoms with E-state index in [2.05, 4.69) is 32.0 Å². The second-order valence-electron chi connectivity index (χ2n) is 4.59. The summed E-state index contributed by atoms with van der Waals surface area (Å²) in [6, 6.07) is 6.69. The molecule has 0 bridgehead atoms. The number of nitrogens with two attached hydrogens (primary N) is 1. The van der Waals surface area contributed by atoms with Crippen molar-refractivity contribution in [3.8, 4) is 0 Å². The minimum atomic E-state index is 0.253. The van der Waals surface area contributed by atoms with Crippen molar-refractivity contribution >= 4 is 0 Å². The van der Waals surface area contributed by atoms with Crippen molar-refractivity contribution in [2.24, 2.45) is 11.7 Å². The van der Waals surface area contributed by atoms with E-state index in [-0.39, 0.29) is 6.04 Å². The molecule has 0 heterocycles. The van der Waals surface area contributed by atoms with Gasteiger partial charge in [-0.05, 0) is 42.9 Å². The summed E-state index contributed by atoms with van der Waals surface area (Å²) < 4.78 is 0. The number of aryl methyl sites for hydroxylation is 2. The lowest BCUT2D eigenvalue weighted by Crippen LogP contribution is -2.13. The van der Waals surface area contributed by atoms with Gasteiger partial charge in [-0.3, -0.25) is 0 Å². The highest BCUT2D eigenvalue weighted by Crippen LogP contribution is 2.37. The molecule has 1 nitrogen and oxygen atoms in total. The molecular weight excluding hydrogens is 170 g/mol. The molecule has 76 valence electrons. The van der Waals surface area contributed by atoms with E-state index in [0.717, 1.165) is 5.92 Å². The highest BCUT2D eigenvalue weighted by Gasteiger charge is 2.25. The summed E-state index contributed by atoms with van der Waals surface area (Å²) in [6.07, 6.45) is 3.95. The third-order valence-corrected chi connectivity index (χ3v) is 3.20. The predicted molar refractivity (Wildman–Crippen MR) is 60.2 cm³/mol. The van der Waals surface area contributed by atoms with Gasteiger partial charge in [0.2, 0.25) is 0 Å². The second kappa shape index (κ2) is 3.74. The fraction of sp³-hybridized carbons (Fsp3) is 0.538. The quantitative estimate of drug-likeness (QED) is 0.776. The van der Waals surface area contributed by atoms with E-state index < -0.39 is 0 Å². The summed E-state index contributed by atoms with van der Waals surface area (Å²) in [5.74, 6) is 0.906. The Hall–Kier alpha value is -0.820. The Labute approximate surface area is 86.3 Å². The van der Waals surface area contributed by atoms with Crippen LogP contribution in [0.3, 0.4) is 0 Å². The van der Waals surface area contributed by atoms with Crippen LogP contribution in [0, 0.1) is 19.8 Å². The standard InChI is InChI=1S/C13H19N/c1-9-4-3-5-10(2)13(9)12(14)8-11-6-7-11/h3-5,11-12H,6-8,14H2,1-2H3. The fourth-order valence-electron chi connectivity index (χ4n) is 2.24. The van der Waals surface area contributed by atoms with Crippen LogP contribution in [0.5, 0.6) is 0 Å². The van der Waals surface area contributed by atoms with E-state index in [1.807, 2.05) is 0 Å². The van der Waals surface area contributed by atoms with Crippen molar-refractivity contribution < 1.29 is 0 Å². The molecule has 0 saturated heterocycles. The average molecular weight is 189 g/mol. The van der Waals surface area contributed by atoms with Crippen LogP contribution in [0.4, 0.5) is 0 Å². The average Bonchev–Trinajstić information content (AvgIpc) is 2.87. The SMILES string of the molecule is Cc1cccc(C)c1C(N)CC1CC1. The minimum absolute atomic E-state index is 0.253. The molecule has 2 rings (SSSR count). The summed E-state index contributed by atoms with van der Waals surface area (Å²) in [5, 5.41) is 0. The van der Waals surface area contributed by atoms with Crippen LogP contribution >= 0.6 is 0 Å². The zero-order chi connectivity index (χ0) is 10.1. The fourth-order valence-corrected chi connectivity index (χ4v) is 2.24. The first-order valence-corrected chi connectivity index (χ1v) is 5.50. The molecule has 1 atom stereocenters. The highest BCUT2D eigenvalue weighted by atomic mass is 14.6. The van der Waals surface area contributed by atoms with Crippen LogP contribution in [0.25, 0.3) is 0 Å². The Morgan fingerprint density at radius 3 is 2.36 bits per heavy atom. The van der Waals surface area contributed by atoms with E-state index >= 15 is 0 Å². The maximum absolute atomic E-state index is 6.24. The van der Waals surface area contributed by atoms with Crippen molar-refractivity contribution in [3.05, 3.63) is 34.9 Å². The molecule has 1 aliphatic carbocycles. The number of benzene rings is 1. The van der Waals surface area contributed by atoms with Gasteiger partial charge in [0.15, 0.2) is 0 Å². The lowest BCUT2D eigenvalue weighted by molar-refractivity contribution is 0.592. The van der Waals surface area contributed by atoms with E-state index in [0.29, 0.717) is 0 Å². The largest absolute Gasteiger partial charge is 0.324 e. The van der Waals surface area contributed by atoms with E-state index in [9.17, 15) is 0 Å². The minimum Gasteiger partial charge on any atom is -0.324 e. The van der Waals surface area contributed by atoms with Gasteiger partial charge in [-0.2, -0.15) is 0 Å². The van der Waals surface area contributed by atoms with Gasteiger partial charge in [-0.25, -0.2) is 0 Å². The molecule has 1 unspecified atom stereocenters. The maximum Gasteiger partial charge on any atom is 0.0302 e. The predicted octanol–water partition coefficient (Wildman–Crippen LogP) is 3.10. The van der Waals surface area contributed by atoms with E-state index in [1.165, 1.54) is 36.0 Å². The van der Waals surface area contributed by atoms with Crippen molar-refractivity contribution in [2.45, 2.75) is 39.2 Å². The topological polar surface area (TPSA) is 26.0 Å². The molecule has 0 radical (unpaired) electrons. The molecule has 1 aromatic carbocycles. The van der Waals surface area contributed by atoms with Crippen LogP contribution in [-0.4, -0.2) is 0 Å². The van der Waals surface area contributed by atoms with Crippen molar-refractivity contribution in [1.29, 1.82) is 0 Å². The van der Waals surface area contributed by atoms with Crippen LogP contribution in [0.1, 0.15) is 42.0 Å². The zero-order valence-corrected chi connectivity index (χ0v) is 9.09. The number of rotatable bonds is 3. The Balaban J connectivity index is 2.19. The Morgan fingerprint density at radius 1 is 1.29 bits per heavy atom. The van der Waals surface area contributed by atoms with Crippen molar-refractivity contribution in [2.75, 3.05) is 0 Å². The van der Waals surface area contributed by atoms with Gasteiger partial charge in [0, 0.05) is 6.04 Å². The molecular formula is C13H19N. The molecule has 0 aromatic heterocycles. The van der Waals surface area contributed by atoms with Gasteiger partial charge in [0.1, 0.15) is 0 Å². The molecule has 1 saturated carbocycles. The first-order chi connectivity index (χ1) is 6.68. The summed E-state index contributed by atoms with van der Waals surface area (Å²) >= 11 is 0. The molecule has 1 aromatic rings. The zero-order valence-electron chi connectivity index (χ0n) is 9.09. The third-order valence-electron chi connectivity index (χ3n) is 3.20. The lowest BCUT2D eigenvalue weighted by atomic mass is 9.93. The molecule has 0 amide bonds. The number of hydrogen-bond donors (Lipinski definition) is 1. The van der Waals surface area contributed by atoms with Crippen LogP contribution in [0.2, 0.25) is 0 Å². The van der Waals surface area contributed by atoms with Gasteiger partial charge in [-0.15, -0.1) is 0 Å². The molecule has 2 N–H and O–H groups in total. The first kappa shape index (κ1) is 9.72. The van der Waals surface area contributed by atoms with Gasteiger partial charge >= 0.3 is 0 Å². The van der Waals surface area contributed by atoms with Crippen molar-refractivity contribution in [3.63, 3.8) is 0 Å². The summed E-state index contributed by atoms with van der Waals surface area (Å²) in [6.45, 7) is 4.32. The molecule has 0 aliphatic heterocycles. The Morgan fingerprint density at radius 2 is 1.86 bits per heavy atom. The monoisotopic (exact) mass is 189 g/mol. The molecule has 0 spiro atoms. The maximum atomic E-state index is 6.24. The Bertz CT molecular complexity index is 306. The Kier molecular flexibility index (Phi) is 2.60. The summed E-state index contributed by atoms with van der Waals surface area (Å²) in [5.41, 5.74) is 10.3. The second-order valence-corrected chi connectivity index (χ2v) is 4.59. The van der Waals surface area contributed by atoms with Crippen LogP contribution in [0.15, 0.2) is 18.2 Å². The molecule has 1 fully saturated rings. The first-order valence-electron chi connectivity index (χ1n) is 5.50. The smallest absolute Gasteiger partial charge is 0.0302 e. The third kappa shape index (κ3) is 1.98. The van der Waals surface area contributed by atoms with E-state index in [4.69, 9.17) is 5.73 Å². The number of hydrogen-bond acceptors (Lipinski definition) is 1. The van der Waals surface area contributed by atoms with Gasteiger partial charge in [0.25, 0.3) is 0 Å². The normalized spacial score (nSPS) is 18.2. The van der Waals surface area contributed by atoms with Crippen LogP contribution in [-0.2, 0) is 0 Å².